The van der Waals surface area contributed by atoms with Gasteiger partial charge in [-0.3, -0.25) is 8.74 Å². The van der Waals surface area contributed by atoms with E-state index < -0.39 is 15.0 Å². The number of phenolic OH excluding ortho intramolecular Hbond substituents is 1. The first-order chi connectivity index (χ1) is 17.2. The first-order valence-corrected chi connectivity index (χ1v) is 12.6. The minimum absolute atomic E-state index is 0.115. The molecule has 0 radical (unpaired) electrons. The van der Waals surface area contributed by atoms with Gasteiger partial charge in [0.15, 0.2) is 12.3 Å². The predicted octanol–water partition coefficient (Wildman–Crippen LogP) is 5.15. The average Bonchev–Trinajstić information content (AvgIpc) is 2.84. The van der Waals surface area contributed by atoms with Crippen molar-refractivity contribution in [3.8, 4) is 5.75 Å². The molecule has 3 rings (SSSR count). The minimum Gasteiger partial charge on any atom is -0.507 e. The molecule has 0 spiro atoms. The Morgan fingerprint density at radius 2 is 1.75 bits per heavy atom. The van der Waals surface area contributed by atoms with Gasteiger partial charge in [-0.2, -0.15) is 8.42 Å². The first kappa shape index (κ1) is 28.0. The van der Waals surface area contributed by atoms with E-state index in [1.165, 1.54) is 30.3 Å². The fourth-order valence-electron chi connectivity index (χ4n) is 3.11. The number of hydrogen-bond donors (Lipinski definition) is 5. The van der Waals surface area contributed by atoms with Crippen LogP contribution in [0.1, 0.15) is 12.0 Å². The van der Waals surface area contributed by atoms with E-state index in [1.807, 2.05) is 0 Å². The largest absolute Gasteiger partial charge is 0.507 e. The molecule has 194 valence electrons. The van der Waals surface area contributed by atoms with Crippen LogP contribution in [0, 0.1) is 0 Å². The number of phenols is 1. The number of fused-ring (bicyclic) bond motifs is 1. The number of anilines is 1. The Bertz CT molecular complexity index is 1340. The standard InChI is InChI=1S/C19H19N3O11S3/c20-15-5-4-13-14(9-12(10-17(13)23)34-32-30-24)19(15)22-21-16-6-3-11(8-18(16)36(26,27)28)2-1-7-29-35-33-31-25/h3-6,8-10,23-25H,1-2,7,20H2,(H,26,27,28). The summed E-state index contributed by atoms with van der Waals surface area (Å²) in [6, 6.07) is 10.2. The van der Waals surface area contributed by atoms with Gasteiger partial charge >= 0.3 is 0 Å². The number of azo groups is 1. The van der Waals surface area contributed by atoms with Crippen LogP contribution in [-0.4, -0.2) is 35.2 Å². The Hall–Kier alpha value is -2.55. The molecule has 3 aromatic carbocycles. The molecule has 36 heavy (non-hydrogen) atoms. The Morgan fingerprint density at radius 3 is 2.47 bits per heavy atom. The van der Waals surface area contributed by atoms with Gasteiger partial charge in [0.2, 0.25) is 0 Å². The third-order valence-electron chi connectivity index (χ3n) is 4.61. The smallest absolute Gasteiger partial charge is 0.296 e. The second kappa shape index (κ2) is 13.1. The van der Waals surface area contributed by atoms with Crippen LogP contribution in [0.5, 0.6) is 5.75 Å². The number of nitrogen functional groups attached to an aromatic ring is 1. The summed E-state index contributed by atoms with van der Waals surface area (Å²) >= 11 is 1.03. The van der Waals surface area contributed by atoms with Gasteiger partial charge in [-0.25, -0.2) is 10.5 Å². The van der Waals surface area contributed by atoms with Crippen LogP contribution >= 0.6 is 24.4 Å². The Morgan fingerprint density at radius 1 is 0.972 bits per heavy atom. The van der Waals surface area contributed by atoms with Gasteiger partial charge < -0.3 is 10.8 Å². The number of benzene rings is 3. The molecule has 0 aliphatic heterocycles. The Kier molecular flexibility index (Phi) is 10.2. The Labute approximate surface area is 212 Å². The van der Waals surface area contributed by atoms with Gasteiger partial charge in [-0.1, -0.05) is 16.1 Å². The molecule has 0 aliphatic rings. The van der Waals surface area contributed by atoms with Crippen LogP contribution in [0.4, 0.5) is 17.1 Å². The molecule has 0 atom stereocenters. The van der Waals surface area contributed by atoms with E-state index >= 15 is 0 Å². The number of hydrogen-bond acceptors (Lipinski definition) is 15. The van der Waals surface area contributed by atoms with Crippen molar-refractivity contribution in [2.75, 3.05) is 12.3 Å². The third kappa shape index (κ3) is 7.48. The van der Waals surface area contributed by atoms with Crippen molar-refractivity contribution in [1.29, 1.82) is 0 Å². The lowest BCUT2D eigenvalue weighted by Crippen LogP contribution is -2.00. The molecule has 0 heterocycles. The van der Waals surface area contributed by atoms with Crippen LogP contribution in [-0.2, 0) is 39.5 Å². The lowest BCUT2D eigenvalue weighted by molar-refractivity contribution is -0.434. The monoisotopic (exact) mass is 561 g/mol. The maximum absolute atomic E-state index is 12.0. The zero-order chi connectivity index (χ0) is 26.1. The topological polar surface area (TPSA) is 212 Å². The zero-order valence-corrected chi connectivity index (χ0v) is 20.5. The van der Waals surface area contributed by atoms with E-state index in [2.05, 4.69) is 29.0 Å². The quantitative estimate of drug-likeness (QED) is 0.0347. The summed E-state index contributed by atoms with van der Waals surface area (Å²) in [4.78, 5) is -0.139. The van der Waals surface area contributed by atoms with Crippen molar-refractivity contribution in [2.24, 2.45) is 10.2 Å². The summed E-state index contributed by atoms with van der Waals surface area (Å²) in [7, 11) is -4.66. The molecule has 14 nitrogen and oxygen atoms in total. The van der Waals surface area contributed by atoms with Crippen LogP contribution in [0.25, 0.3) is 10.8 Å². The van der Waals surface area contributed by atoms with Gasteiger partial charge in [-0.15, -0.1) is 18.9 Å². The highest BCUT2D eigenvalue weighted by atomic mass is 32.2. The molecule has 0 aromatic heterocycles. The fraction of sp³-hybridized carbons (Fsp3) is 0.158. The van der Waals surface area contributed by atoms with Crippen molar-refractivity contribution in [3.63, 3.8) is 0 Å². The summed E-state index contributed by atoms with van der Waals surface area (Å²) < 4.78 is 47.1. The van der Waals surface area contributed by atoms with Crippen LogP contribution < -0.4 is 5.73 Å². The van der Waals surface area contributed by atoms with E-state index in [0.717, 1.165) is 0 Å². The van der Waals surface area contributed by atoms with Gasteiger partial charge in [0.25, 0.3) is 10.1 Å². The number of nitrogens with zero attached hydrogens (tertiary/aromatic N) is 2. The van der Waals surface area contributed by atoms with E-state index in [0.29, 0.717) is 58.4 Å². The van der Waals surface area contributed by atoms with E-state index in [9.17, 15) is 18.1 Å². The summed E-state index contributed by atoms with van der Waals surface area (Å²) in [5.41, 5.74) is 6.75. The van der Waals surface area contributed by atoms with Gasteiger partial charge in [0.1, 0.15) is 22.0 Å². The van der Waals surface area contributed by atoms with E-state index in [-0.39, 0.29) is 29.4 Å². The van der Waals surface area contributed by atoms with Gasteiger partial charge in [-0.05, 0) is 54.8 Å². The molecular weight excluding hydrogens is 542 g/mol. The third-order valence-corrected chi connectivity index (χ3v) is 6.43. The lowest BCUT2D eigenvalue weighted by Gasteiger charge is -2.09. The molecular formula is C19H19N3O11S3. The molecule has 6 N–H and O–H groups in total. The molecule has 0 aliphatic carbocycles. The SMILES string of the molecule is Nc1ccc2c(O)cc(SOOO)cc2c1N=Nc1ccc(CCCOSOOO)cc1S(=O)(=O)O. The summed E-state index contributed by atoms with van der Waals surface area (Å²) in [6.07, 6.45) is 0.838. The Balaban J connectivity index is 1.92. The fourth-order valence-corrected chi connectivity index (χ4v) is 4.47. The van der Waals surface area contributed by atoms with Crippen molar-refractivity contribution in [3.05, 3.63) is 48.0 Å². The lowest BCUT2D eigenvalue weighted by atomic mass is 10.1. The minimum atomic E-state index is -4.66. The number of rotatable bonds is 13. The van der Waals surface area contributed by atoms with E-state index in [1.54, 1.807) is 12.1 Å². The first-order valence-electron chi connectivity index (χ1n) is 9.73. The number of nitrogens with two attached hydrogens (primary N) is 1. The second-order valence-corrected chi connectivity index (χ2v) is 9.55. The molecule has 17 heteroatoms. The summed E-state index contributed by atoms with van der Waals surface area (Å²) in [5.74, 6) is -0.145. The summed E-state index contributed by atoms with van der Waals surface area (Å²) in [5, 5.41) is 42.4. The molecule has 0 bridgehead atoms. The highest BCUT2D eigenvalue weighted by molar-refractivity contribution is 7.94. The van der Waals surface area contributed by atoms with E-state index in [4.69, 9.17) is 20.4 Å². The highest BCUT2D eigenvalue weighted by Gasteiger charge is 2.17. The normalized spacial score (nSPS) is 12.1. The molecule has 0 amide bonds. The average molecular weight is 562 g/mol. The predicted molar refractivity (Wildman–Crippen MR) is 128 cm³/mol. The van der Waals surface area contributed by atoms with Gasteiger partial charge in [0.05, 0.1) is 24.3 Å². The number of aryl methyl sites for hydroxylation is 1. The molecule has 0 unspecified atom stereocenters. The molecule has 0 saturated carbocycles. The molecule has 3 aromatic rings. The van der Waals surface area contributed by atoms with Crippen molar-refractivity contribution < 1.29 is 51.5 Å². The molecule has 0 saturated heterocycles. The van der Waals surface area contributed by atoms with Crippen LogP contribution in [0.3, 0.4) is 0 Å². The highest BCUT2D eigenvalue weighted by Crippen LogP contribution is 2.40. The van der Waals surface area contributed by atoms with Crippen molar-refractivity contribution in [2.45, 2.75) is 22.6 Å². The zero-order valence-electron chi connectivity index (χ0n) is 18.0. The molecule has 0 fully saturated rings. The van der Waals surface area contributed by atoms with Crippen molar-refractivity contribution in [1.82, 2.24) is 0 Å². The van der Waals surface area contributed by atoms with Crippen LogP contribution in [0.2, 0.25) is 0 Å². The van der Waals surface area contributed by atoms with Crippen molar-refractivity contribution >= 4 is 62.3 Å². The second-order valence-electron chi connectivity index (χ2n) is 6.88. The maximum Gasteiger partial charge on any atom is 0.296 e. The summed E-state index contributed by atoms with van der Waals surface area (Å²) in [6.45, 7) is 0.194. The van der Waals surface area contributed by atoms with Crippen LogP contribution in [0.15, 0.2) is 62.5 Å². The maximum atomic E-state index is 12.0. The number of aromatic hydroxyl groups is 1. The van der Waals surface area contributed by atoms with Gasteiger partial charge in [0, 0.05) is 15.7 Å².